The maximum atomic E-state index is 12.6. The van der Waals surface area contributed by atoms with Gasteiger partial charge in [0.25, 0.3) is 5.91 Å². The van der Waals surface area contributed by atoms with Crippen LogP contribution < -0.4 is 11.2 Å². The number of hydrazone groups is 1. The molecule has 30 heavy (non-hydrogen) atoms. The lowest BCUT2D eigenvalue weighted by molar-refractivity contribution is 0.0950. The van der Waals surface area contributed by atoms with E-state index in [-0.39, 0.29) is 5.91 Å². The minimum atomic E-state index is -0.338. The summed E-state index contributed by atoms with van der Waals surface area (Å²) in [5, 5.41) is 13.9. The zero-order valence-electron chi connectivity index (χ0n) is 16.6. The molecule has 5 rings (SSSR count). The number of aryl methyl sites for hydroxylation is 2. The van der Waals surface area contributed by atoms with Crippen LogP contribution >= 0.6 is 0 Å². The monoisotopic (exact) mass is 395 g/mol. The molecule has 0 fully saturated rings. The molecule has 0 atom stereocenters. The van der Waals surface area contributed by atoms with Gasteiger partial charge >= 0.3 is 0 Å². The van der Waals surface area contributed by atoms with Crippen LogP contribution in [0.2, 0.25) is 0 Å². The first-order valence-corrected chi connectivity index (χ1v) is 9.90. The standard InChI is InChI=1S/C24H21N5O/c1-14(15-7-10-18(25)11-8-15)26-29-24(30)22-13-21(27-28-22)19-12-9-17-6-5-16-3-2-4-20(19)23(16)17/h2-4,7-13H,5-6,25H2,1H3,(H,27,28)(H,29,30)/b26-14+. The third-order valence-corrected chi connectivity index (χ3v) is 5.63. The van der Waals surface area contributed by atoms with Crippen molar-refractivity contribution in [3.63, 3.8) is 0 Å². The maximum Gasteiger partial charge on any atom is 0.289 e. The van der Waals surface area contributed by atoms with Crippen LogP contribution in [0.3, 0.4) is 0 Å². The Kier molecular flexibility index (Phi) is 4.32. The molecule has 1 heterocycles. The van der Waals surface area contributed by atoms with Crippen molar-refractivity contribution in [1.82, 2.24) is 15.6 Å². The molecule has 148 valence electrons. The second-order valence-electron chi connectivity index (χ2n) is 7.54. The number of amides is 1. The summed E-state index contributed by atoms with van der Waals surface area (Å²) in [6, 6.07) is 19.8. The number of hydrogen-bond acceptors (Lipinski definition) is 4. The lowest BCUT2D eigenvalue weighted by Gasteiger charge is -2.06. The molecule has 0 bridgehead atoms. The minimum absolute atomic E-state index is 0.338. The van der Waals surface area contributed by atoms with Crippen LogP contribution in [0.5, 0.6) is 0 Å². The van der Waals surface area contributed by atoms with Crippen LogP contribution in [0.25, 0.3) is 22.0 Å². The summed E-state index contributed by atoms with van der Waals surface area (Å²) in [6.07, 6.45) is 2.16. The maximum absolute atomic E-state index is 12.6. The predicted molar refractivity (Wildman–Crippen MR) is 119 cm³/mol. The normalized spacial score (nSPS) is 13.0. The quantitative estimate of drug-likeness (QED) is 0.276. The lowest BCUT2D eigenvalue weighted by Crippen LogP contribution is -2.19. The number of nitrogens with two attached hydrogens (primary N) is 1. The Morgan fingerprint density at radius 1 is 1.07 bits per heavy atom. The van der Waals surface area contributed by atoms with E-state index in [1.54, 1.807) is 18.2 Å². The Balaban J connectivity index is 1.40. The summed E-state index contributed by atoms with van der Waals surface area (Å²) in [7, 11) is 0. The number of carbonyl (C=O) groups is 1. The Hall–Kier alpha value is -3.93. The fraction of sp³-hybridized carbons (Fsp3) is 0.125. The number of nitrogens with zero attached hydrogens (tertiary/aromatic N) is 2. The highest BCUT2D eigenvalue weighted by molar-refractivity contribution is 6.03. The third-order valence-electron chi connectivity index (χ3n) is 5.63. The third kappa shape index (κ3) is 3.12. The van der Waals surface area contributed by atoms with E-state index < -0.39 is 0 Å². The fourth-order valence-corrected chi connectivity index (χ4v) is 4.03. The van der Waals surface area contributed by atoms with E-state index in [1.165, 1.54) is 21.9 Å². The van der Waals surface area contributed by atoms with Crippen LogP contribution in [0.15, 0.2) is 65.8 Å². The number of aromatic nitrogens is 2. The average Bonchev–Trinajstić information content (AvgIpc) is 3.42. The van der Waals surface area contributed by atoms with Crippen LogP contribution in [0.4, 0.5) is 5.69 Å². The average molecular weight is 395 g/mol. The molecule has 0 unspecified atom stereocenters. The van der Waals surface area contributed by atoms with Crippen molar-refractivity contribution in [2.24, 2.45) is 5.10 Å². The molecule has 0 saturated carbocycles. The summed E-state index contributed by atoms with van der Waals surface area (Å²) in [5.74, 6) is -0.338. The molecular formula is C24H21N5O. The highest BCUT2D eigenvalue weighted by Gasteiger charge is 2.18. The molecule has 1 aliphatic rings. The van der Waals surface area contributed by atoms with Crippen molar-refractivity contribution in [1.29, 1.82) is 0 Å². The van der Waals surface area contributed by atoms with Crippen molar-refractivity contribution in [3.05, 3.63) is 83.0 Å². The van der Waals surface area contributed by atoms with Gasteiger partial charge in [0.15, 0.2) is 0 Å². The second-order valence-corrected chi connectivity index (χ2v) is 7.54. The smallest absolute Gasteiger partial charge is 0.289 e. The van der Waals surface area contributed by atoms with Crippen molar-refractivity contribution in [2.45, 2.75) is 19.8 Å². The van der Waals surface area contributed by atoms with Gasteiger partial charge in [-0.3, -0.25) is 9.89 Å². The largest absolute Gasteiger partial charge is 0.399 e. The van der Waals surface area contributed by atoms with Crippen molar-refractivity contribution in [3.8, 4) is 11.3 Å². The van der Waals surface area contributed by atoms with Gasteiger partial charge in [-0.25, -0.2) is 5.43 Å². The van der Waals surface area contributed by atoms with E-state index in [4.69, 9.17) is 5.73 Å². The summed E-state index contributed by atoms with van der Waals surface area (Å²) >= 11 is 0. The second kappa shape index (κ2) is 7.15. The topological polar surface area (TPSA) is 96.2 Å². The van der Waals surface area contributed by atoms with Gasteiger partial charge in [0.1, 0.15) is 5.69 Å². The van der Waals surface area contributed by atoms with Gasteiger partial charge in [0.05, 0.1) is 11.4 Å². The van der Waals surface area contributed by atoms with Gasteiger partial charge in [-0.2, -0.15) is 10.2 Å². The van der Waals surface area contributed by atoms with E-state index in [0.29, 0.717) is 17.1 Å². The van der Waals surface area contributed by atoms with Gasteiger partial charge in [-0.1, -0.05) is 42.5 Å². The molecule has 0 spiro atoms. The summed E-state index contributed by atoms with van der Waals surface area (Å²) in [6.45, 7) is 1.83. The first kappa shape index (κ1) is 18.1. The van der Waals surface area contributed by atoms with E-state index >= 15 is 0 Å². The first-order chi connectivity index (χ1) is 14.6. The predicted octanol–water partition coefficient (Wildman–Crippen LogP) is 4.06. The SMILES string of the molecule is C/C(=N\NC(=O)c1cc(-c2ccc3c4c(cccc24)CC3)n[nH]1)c1ccc(N)cc1. The van der Waals surface area contributed by atoms with Gasteiger partial charge in [-0.15, -0.1) is 0 Å². The number of aromatic amines is 1. The van der Waals surface area contributed by atoms with E-state index in [2.05, 4.69) is 51.1 Å². The zero-order valence-corrected chi connectivity index (χ0v) is 16.6. The van der Waals surface area contributed by atoms with E-state index in [0.717, 1.165) is 29.7 Å². The highest BCUT2D eigenvalue weighted by Crippen LogP contribution is 2.36. The van der Waals surface area contributed by atoms with Crippen LogP contribution in [0.1, 0.15) is 34.1 Å². The number of hydrogen-bond donors (Lipinski definition) is 3. The number of carbonyl (C=O) groups excluding carboxylic acids is 1. The van der Waals surface area contributed by atoms with Gasteiger partial charge in [0, 0.05) is 11.3 Å². The van der Waals surface area contributed by atoms with E-state index in [9.17, 15) is 4.79 Å². The number of H-pyrrole nitrogens is 1. The Morgan fingerprint density at radius 3 is 2.63 bits per heavy atom. The fourth-order valence-electron chi connectivity index (χ4n) is 4.03. The van der Waals surface area contributed by atoms with Gasteiger partial charge < -0.3 is 5.73 Å². The lowest BCUT2D eigenvalue weighted by atomic mass is 9.98. The van der Waals surface area contributed by atoms with Crippen LogP contribution in [0, 0.1) is 0 Å². The van der Waals surface area contributed by atoms with Gasteiger partial charge in [0.2, 0.25) is 0 Å². The summed E-state index contributed by atoms with van der Waals surface area (Å²) in [5.41, 5.74) is 15.5. The number of nitrogens with one attached hydrogen (secondary N) is 2. The minimum Gasteiger partial charge on any atom is -0.399 e. The summed E-state index contributed by atoms with van der Waals surface area (Å²) in [4.78, 5) is 12.6. The number of nitrogen functional groups attached to an aromatic ring is 1. The Morgan fingerprint density at radius 2 is 1.83 bits per heavy atom. The highest BCUT2D eigenvalue weighted by atomic mass is 16.2. The number of anilines is 1. The van der Waals surface area contributed by atoms with Crippen molar-refractivity contribution in [2.75, 3.05) is 5.73 Å². The van der Waals surface area contributed by atoms with Crippen molar-refractivity contribution >= 4 is 28.1 Å². The molecule has 1 aromatic heterocycles. The van der Waals surface area contributed by atoms with E-state index in [1.807, 2.05) is 19.1 Å². The van der Waals surface area contributed by atoms with Crippen LogP contribution in [-0.2, 0) is 12.8 Å². The van der Waals surface area contributed by atoms with Crippen molar-refractivity contribution < 1.29 is 4.79 Å². The molecule has 4 N–H and O–H groups in total. The molecule has 6 nitrogen and oxygen atoms in total. The number of benzene rings is 3. The first-order valence-electron chi connectivity index (χ1n) is 9.90. The molecule has 0 aliphatic heterocycles. The van der Waals surface area contributed by atoms with Crippen LogP contribution in [-0.4, -0.2) is 21.8 Å². The molecule has 1 aliphatic carbocycles. The molecule has 0 saturated heterocycles. The zero-order chi connectivity index (χ0) is 20.7. The molecular weight excluding hydrogens is 374 g/mol. The molecule has 0 radical (unpaired) electrons. The Bertz CT molecular complexity index is 1290. The molecule has 6 heteroatoms. The molecule has 1 amide bonds. The van der Waals surface area contributed by atoms with Gasteiger partial charge in [-0.05, 0) is 65.4 Å². The number of rotatable bonds is 4. The Labute approximate surface area is 173 Å². The molecule has 4 aromatic rings. The molecule has 3 aromatic carbocycles. The summed E-state index contributed by atoms with van der Waals surface area (Å²) < 4.78 is 0.